The number of benzene rings is 1. The molecule has 0 bridgehead atoms. The molecule has 1 saturated heterocycles. The van der Waals surface area contributed by atoms with Crippen LogP contribution in [0.2, 0.25) is 0 Å². The molecule has 118 valence electrons. The quantitative estimate of drug-likeness (QED) is 0.817. The maximum atomic E-state index is 5.51. The summed E-state index contributed by atoms with van der Waals surface area (Å²) in [5.41, 5.74) is 1.26. The summed E-state index contributed by atoms with van der Waals surface area (Å²) in [6.45, 7) is 5.05. The molecule has 1 aromatic rings. The molecule has 1 aliphatic carbocycles. The minimum absolute atomic E-state index is 0.324. The van der Waals surface area contributed by atoms with Gasteiger partial charge in [-0.25, -0.2) is 0 Å². The van der Waals surface area contributed by atoms with Gasteiger partial charge in [0, 0.05) is 18.1 Å². The summed E-state index contributed by atoms with van der Waals surface area (Å²) in [5, 5.41) is 3.78. The van der Waals surface area contributed by atoms with E-state index in [1.165, 1.54) is 44.3 Å². The van der Waals surface area contributed by atoms with Gasteiger partial charge in [0.2, 0.25) is 0 Å². The molecule has 1 aromatic carbocycles. The molecule has 1 atom stereocenters. The summed E-state index contributed by atoms with van der Waals surface area (Å²) < 4.78 is 5.51. The van der Waals surface area contributed by atoms with Crippen LogP contribution in [0.4, 0.5) is 0 Å². The van der Waals surface area contributed by atoms with Crippen LogP contribution in [0.1, 0.15) is 44.2 Å². The van der Waals surface area contributed by atoms with Gasteiger partial charge >= 0.3 is 0 Å². The first-order valence-corrected chi connectivity index (χ1v) is 8.42. The van der Waals surface area contributed by atoms with Gasteiger partial charge in [0.1, 0.15) is 12.4 Å². The molecule has 1 heterocycles. The topological polar surface area (TPSA) is 24.5 Å². The fourth-order valence-corrected chi connectivity index (χ4v) is 3.32. The van der Waals surface area contributed by atoms with Crippen LogP contribution in [-0.2, 0) is 0 Å². The van der Waals surface area contributed by atoms with Crippen LogP contribution in [-0.4, -0.2) is 36.7 Å². The van der Waals surface area contributed by atoms with E-state index in [9.17, 15) is 0 Å². The average molecular weight is 298 g/mol. The van der Waals surface area contributed by atoms with Gasteiger partial charge in [-0.3, -0.25) is 0 Å². The minimum Gasteiger partial charge on any atom is -0.481 e. The molecule has 2 aliphatic rings. The molecule has 0 amide bonds. The lowest BCUT2D eigenvalue weighted by atomic mass is 10.0. The van der Waals surface area contributed by atoms with Gasteiger partial charge in [-0.2, -0.15) is 0 Å². The Hall–Kier alpha value is -1.50. The van der Waals surface area contributed by atoms with Crippen LogP contribution in [0.25, 0.3) is 0 Å². The largest absolute Gasteiger partial charge is 0.481 e. The summed E-state index contributed by atoms with van der Waals surface area (Å²) in [5.74, 6) is 3.36. The number of rotatable bonds is 6. The number of nitrogens with zero attached hydrogens (tertiary/aromatic N) is 1. The molecule has 3 heteroatoms. The second-order valence-electron chi connectivity index (χ2n) is 6.50. The van der Waals surface area contributed by atoms with E-state index in [1.54, 1.807) is 0 Å². The number of likely N-dealkylation sites (tertiary alicyclic amines) is 1. The highest BCUT2D eigenvalue weighted by Crippen LogP contribution is 2.30. The number of nitrogens with one attached hydrogen (secondary N) is 1. The third kappa shape index (κ3) is 4.03. The molecule has 0 aromatic heterocycles. The monoisotopic (exact) mass is 298 g/mol. The fourth-order valence-electron chi connectivity index (χ4n) is 3.32. The smallest absolute Gasteiger partial charge is 0.148 e. The van der Waals surface area contributed by atoms with Gasteiger partial charge in [-0.15, -0.1) is 6.42 Å². The van der Waals surface area contributed by atoms with Crippen molar-refractivity contribution < 1.29 is 4.74 Å². The first-order valence-electron chi connectivity index (χ1n) is 8.42. The predicted molar refractivity (Wildman–Crippen MR) is 89.9 cm³/mol. The average Bonchev–Trinajstić information content (AvgIpc) is 3.39. The molecule has 1 aliphatic heterocycles. The molecule has 3 rings (SSSR count). The Morgan fingerprint density at radius 3 is 2.77 bits per heavy atom. The third-order valence-electron chi connectivity index (χ3n) is 4.76. The SMILES string of the molecule is C#CCOc1cccc(C(C)NC2CCN(C3CC3)CC2)c1. The normalized spacial score (nSPS) is 21.3. The van der Waals surface area contributed by atoms with Crippen molar-refractivity contribution in [3.05, 3.63) is 29.8 Å². The number of hydrogen-bond acceptors (Lipinski definition) is 3. The summed E-state index contributed by atoms with van der Waals surface area (Å²) in [6.07, 6.45) is 10.6. The highest BCUT2D eigenvalue weighted by molar-refractivity contribution is 5.30. The Labute approximate surface area is 134 Å². The molecular weight excluding hydrogens is 272 g/mol. The van der Waals surface area contributed by atoms with E-state index < -0.39 is 0 Å². The van der Waals surface area contributed by atoms with Gasteiger partial charge in [-0.05, 0) is 63.4 Å². The first kappa shape index (κ1) is 15.4. The standard InChI is InChI=1S/C19H26N2O/c1-3-13-22-19-6-4-5-16(14-19)15(2)20-17-9-11-21(12-10-17)18-7-8-18/h1,4-6,14-15,17-18,20H,7-13H2,2H3. The summed E-state index contributed by atoms with van der Waals surface area (Å²) in [6, 6.07) is 10.1. The maximum absolute atomic E-state index is 5.51. The zero-order chi connectivity index (χ0) is 15.4. The minimum atomic E-state index is 0.324. The molecule has 3 nitrogen and oxygen atoms in total. The van der Waals surface area contributed by atoms with E-state index in [1.807, 2.05) is 12.1 Å². The Morgan fingerprint density at radius 2 is 2.09 bits per heavy atom. The van der Waals surface area contributed by atoms with E-state index in [-0.39, 0.29) is 0 Å². The van der Waals surface area contributed by atoms with E-state index in [2.05, 4.69) is 35.2 Å². The summed E-state index contributed by atoms with van der Waals surface area (Å²) in [4.78, 5) is 2.66. The van der Waals surface area contributed by atoms with Crippen molar-refractivity contribution in [1.29, 1.82) is 0 Å². The van der Waals surface area contributed by atoms with Gasteiger partial charge in [0.25, 0.3) is 0 Å². The van der Waals surface area contributed by atoms with Crippen LogP contribution in [0.3, 0.4) is 0 Å². The first-order chi connectivity index (χ1) is 10.8. The molecule has 1 saturated carbocycles. The second-order valence-corrected chi connectivity index (χ2v) is 6.50. The van der Waals surface area contributed by atoms with Gasteiger partial charge < -0.3 is 15.0 Å². The van der Waals surface area contributed by atoms with Crippen molar-refractivity contribution in [2.45, 2.75) is 50.7 Å². The van der Waals surface area contributed by atoms with Crippen molar-refractivity contribution >= 4 is 0 Å². The van der Waals surface area contributed by atoms with Crippen LogP contribution in [0.15, 0.2) is 24.3 Å². The van der Waals surface area contributed by atoms with Gasteiger partial charge in [0.15, 0.2) is 0 Å². The van der Waals surface area contributed by atoms with E-state index in [4.69, 9.17) is 11.2 Å². The van der Waals surface area contributed by atoms with Crippen LogP contribution < -0.4 is 10.1 Å². The van der Waals surface area contributed by atoms with E-state index in [0.29, 0.717) is 18.7 Å². The molecule has 22 heavy (non-hydrogen) atoms. The summed E-state index contributed by atoms with van der Waals surface area (Å²) >= 11 is 0. The molecule has 0 spiro atoms. The lowest BCUT2D eigenvalue weighted by Crippen LogP contribution is -2.44. The maximum Gasteiger partial charge on any atom is 0.148 e. The Morgan fingerprint density at radius 1 is 1.32 bits per heavy atom. The third-order valence-corrected chi connectivity index (χ3v) is 4.76. The zero-order valence-corrected chi connectivity index (χ0v) is 13.4. The molecule has 1 N–H and O–H groups in total. The Balaban J connectivity index is 1.51. The zero-order valence-electron chi connectivity index (χ0n) is 13.4. The van der Waals surface area contributed by atoms with Crippen molar-refractivity contribution in [3.8, 4) is 18.1 Å². The predicted octanol–water partition coefficient (Wildman–Crippen LogP) is 2.98. The highest BCUT2D eigenvalue weighted by atomic mass is 16.5. The number of piperidine rings is 1. The highest BCUT2D eigenvalue weighted by Gasteiger charge is 2.31. The van der Waals surface area contributed by atoms with Crippen LogP contribution in [0, 0.1) is 12.3 Å². The van der Waals surface area contributed by atoms with Crippen molar-refractivity contribution in [2.75, 3.05) is 19.7 Å². The van der Waals surface area contributed by atoms with Crippen molar-refractivity contribution in [3.63, 3.8) is 0 Å². The lowest BCUT2D eigenvalue weighted by Gasteiger charge is -2.34. The van der Waals surface area contributed by atoms with Gasteiger partial charge in [-0.1, -0.05) is 18.1 Å². The number of hydrogen-bond donors (Lipinski definition) is 1. The number of ether oxygens (including phenoxy) is 1. The van der Waals surface area contributed by atoms with Crippen LogP contribution >= 0.6 is 0 Å². The molecule has 1 unspecified atom stereocenters. The molecule has 2 fully saturated rings. The van der Waals surface area contributed by atoms with Crippen molar-refractivity contribution in [1.82, 2.24) is 10.2 Å². The molecule has 0 radical (unpaired) electrons. The second kappa shape index (κ2) is 7.17. The number of terminal acetylenes is 1. The van der Waals surface area contributed by atoms with Crippen LogP contribution in [0.5, 0.6) is 5.75 Å². The Kier molecular flexibility index (Phi) is 5.02. The van der Waals surface area contributed by atoms with Gasteiger partial charge in [0.05, 0.1) is 0 Å². The fraction of sp³-hybridized carbons (Fsp3) is 0.579. The van der Waals surface area contributed by atoms with E-state index >= 15 is 0 Å². The summed E-state index contributed by atoms with van der Waals surface area (Å²) in [7, 11) is 0. The molecular formula is C19H26N2O. The van der Waals surface area contributed by atoms with Crippen molar-refractivity contribution in [2.24, 2.45) is 0 Å². The Bertz CT molecular complexity index is 524. The lowest BCUT2D eigenvalue weighted by molar-refractivity contribution is 0.184. The van der Waals surface area contributed by atoms with E-state index in [0.717, 1.165) is 11.8 Å².